The van der Waals surface area contributed by atoms with Crippen LogP contribution in [-0.2, 0) is 10.6 Å². The van der Waals surface area contributed by atoms with Crippen molar-refractivity contribution in [3.8, 4) is 0 Å². The minimum Gasteiger partial charge on any atom is -0.462 e. The largest absolute Gasteiger partial charge is 0.462 e. The molecule has 0 aliphatic carbocycles. The van der Waals surface area contributed by atoms with Crippen molar-refractivity contribution >= 4 is 23.2 Å². The number of nitrogens with one attached hydrogen (secondary N) is 1. The van der Waals surface area contributed by atoms with Gasteiger partial charge in [-0.1, -0.05) is 0 Å². The minimum atomic E-state index is -0.507. The molecule has 0 atom stereocenters. The lowest BCUT2D eigenvalue weighted by atomic mass is 10.2. The summed E-state index contributed by atoms with van der Waals surface area (Å²) in [7, 11) is 0. The first-order valence-electron chi connectivity index (χ1n) is 5.42. The summed E-state index contributed by atoms with van der Waals surface area (Å²) in [6, 6.07) is 1.32. The summed E-state index contributed by atoms with van der Waals surface area (Å²) < 4.78 is 6.15. The van der Waals surface area contributed by atoms with Crippen molar-refractivity contribution in [1.29, 1.82) is 0 Å². The molecule has 0 spiro atoms. The highest BCUT2D eigenvalue weighted by molar-refractivity contribution is 6.16. The Bertz CT molecular complexity index is 659. The van der Waals surface area contributed by atoms with Gasteiger partial charge in [0, 0.05) is 11.8 Å². The SMILES string of the molecule is CCOC(=O)c1c(C)[nH]n2c(=O)cc(CCl)nc12. The van der Waals surface area contributed by atoms with Gasteiger partial charge in [-0.15, -0.1) is 11.6 Å². The standard InChI is InChI=1S/C11H12ClN3O3/c1-3-18-11(17)9-6(2)14-15-8(16)4-7(5-12)13-10(9)15/h4,14H,3,5H2,1-2H3. The first-order chi connectivity index (χ1) is 8.58. The van der Waals surface area contributed by atoms with E-state index in [1.165, 1.54) is 10.6 Å². The van der Waals surface area contributed by atoms with Crippen molar-refractivity contribution in [2.75, 3.05) is 6.61 Å². The van der Waals surface area contributed by atoms with Gasteiger partial charge < -0.3 is 4.74 Å². The van der Waals surface area contributed by atoms with Gasteiger partial charge in [0.05, 0.1) is 18.2 Å². The Morgan fingerprint density at radius 3 is 2.94 bits per heavy atom. The van der Waals surface area contributed by atoms with Crippen LogP contribution in [0.4, 0.5) is 0 Å². The lowest BCUT2D eigenvalue weighted by Gasteiger charge is -2.01. The molecular weight excluding hydrogens is 258 g/mol. The molecule has 2 aromatic rings. The third-order valence-corrected chi connectivity index (χ3v) is 2.74. The topological polar surface area (TPSA) is 76.5 Å². The second kappa shape index (κ2) is 4.81. The Morgan fingerprint density at radius 2 is 2.33 bits per heavy atom. The number of halogens is 1. The van der Waals surface area contributed by atoms with Crippen LogP contribution in [0.2, 0.25) is 0 Å². The van der Waals surface area contributed by atoms with E-state index in [0.29, 0.717) is 11.4 Å². The van der Waals surface area contributed by atoms with E-state index < -0.39 is 5.97 Å². The molecule has 2 rings (SSSR count). The molecule has 0 unspecified atom stereocenters. The van der Waals surface area contributed by atoms with Crippen molar-refractivity contribution in [3.63, 3.8) is 0 Å². The molecular formula is C11H12ClN3O3. The van der Waals surface area contributed by atoms with E-state index in [-0.39, 0.29) is 29.3 Å². The Labute approximate surface area is 108 Å². The van der Waals surface area contributed by atoms with E-state index in [2.05, 4.69) is 10.1 Å². The molecule has 0 fully saturated rings. The molecule has 18 heavy (non-hydrogen) atoms. The number of nitrogens with zero attached hydrogens (tertiary/aromatic N) is 2. The number of fused-ring (bicyclic) bond motifs is 1. The quantitative estimate of drug-likeness (QED) is 0.672. The first-order valence-corrected chi connectivity index (χ1v) is 5.96. The molecule has 7 heteroatoms. The lowest BCUT2D eigenvalue weighted by molar-refractivity contribution is 0.0527. The van der Waals surface area contributed by atoms with E-state index in [1.807, 2.05) is 0 Å². The van der Waals surface area contributed by atoms with Gasteiger partial charge in [-0.25, -0.2) is 14.3 Å². The van der Waals surface area contributed by atoms with Crippen LogP contribution in [0.5, 0.6) is 0 Å². The van der Waals surface area contributed by atoms with Crippen LogP contribution in [-0.4, -0.2) is 27.2 Å². The van der Waals surface area contributed by atoms with Gasteiger partial charge in [0.25, 0.3) is 5.56 Å². The highest BCUT2D eigenvalue weighted by Gasteiger charge is 2.20. The molecule has 0 saturated heterocycles. The zero-order chi connectivity index (χ0) is 13.3. The molecule has 2 heterocycles. The molecule has 2 aromatic heterocycles. The molecule has 6 nitrogen and oxygen atoms in total. The molecule has 0 aromatic carbocycles. The summed E-state index contributed by atoms with van der Waals surface area (Å²) in [5.74, 6) is -0.398. The van der Waals surface area contributed by atoms with Crippen molar-refractivity contribution in [2.45, 2.75) is 19.7 Å². The zero-order valence-electron chi connectivity index (χ0n) is 9.99. The van der Waals surface area contributed by atoms with E-state index in [9.17, 15) is 9.59 Å². The van der Waals surface area contributed by atoms with Gasteiger partial charge in [-0.05, 0) is 13.8 Å². The predicted molar refractivity (Wildman–Crippen MR) is 66.1 cm³/mol. The monoisotopic (exact) mass is 269 g/mol. The first kappa shape index (κ1) is 12.6. The summed E-state index contributed by atoms with van der Waals surface area (Å²) in [6.07, 6.45) is 0. The fraction of sp³-hybridized carbons (Fsp3) is 0.364. The number of aryl methyl sites for hydroxylation is 1. The Morgan fingerprint density at radius 1 is 1.61 bits per heavy atom. The van der Waals surface area contributed by atoms with E-state index in [0.717, 1.165) is 0 Å². The molecule has 0 radical (unpaired) electrons. The average Bonchev–Trinajstić information content (AvgIpc) is 2.66. The maximum Gasteiger partial charge on any atom is 0.343 e. The maximum absolute atomic E-state index is 11.8. The van der Waals surface area contributed by atoms with Gasteiger partial charge >= 0.3 is 5.97 Å². The number of hydrogen-bond acceptors (Lipinski definition) is 4. The molecule has 0 aliphatic heterocycles. The number of aromatic amines is 1. The average molecular weight is 270 g/mol. The number of rotatable bonds is 3. The number of esters is 1. The van der Waals surface area contributed by atoms with Gasteiger partial charge in [-0.2, -0.15) is 0 Å². The molecule has 1 N–H and O–H groups in total. The third kappa shape index (κ3) is 1.99. The number of hydrogen-bond donors (Lipinski definition) is 1. The number of ether oxygens (including phenoxy) is 1. The highest BCUT2D eigenvalue weighted by atomic mass is 35.5. The third-order valence-electron chi connectivity index (χ3n) is 2.47. The zero-order valence-corrected chi connectivity index (χ0v) is 10.7. The van der Waals surface area contributed by atoms with Crippen LogP contribution in [0.15, 0.2) is 10.9 Å². The van der Waals surface area contributed by atoms with Gasteiger partial charge in [0.15, 0.2) is 5.65 Å². The van der Waals surface area contributed by atoms with Crippen molar-refractivity contribution in [3.05, 3.63) is 33.4 Å². The van der Waals surface area contributed by atoms with Gasteiger partial charge in [-0.3, -0.25) is 9.89 Å². The number of carbonyl (C=O) groups is 1. The summed E-state index contributed by atoms with van der Waals surface area (Å²) in [5, 5.41) is 2.78. The Kier molecular flexibility index (Phi) is 3.38. The smallest absolute Gasteiger partial charge is 0.343 e. The van der Waals surface area contributed by atoms with Gasteiger partial charge in [0.1, 0.15) is 5.56 Å². The second-order valence-corrected chi connectivity index (χ2v) is 3.98. The van der Waals surface area contributed by atoms with E-state index in [4.69, 9.17) is 16.3 Å². The van der Waals surface area contributed by atoms with Crippen molar-refractivity contribution in [2.24, 2.45) is 0 Å². The van der Waals surface area contributed by atoms with Crippen molar-refractivity contribution in [1.82, 2.24) is 14.6 Å². The fourth-order valence-electron chi connectivity index (χ4n) is 1.71. The number of H-pyrrole nitrogens is 1. The number of aromatic nitrogens is 3. The van der Waals surface area contributed by atoms with Crippen LogP contribution >= 0.6 is 11.6 Å². The van der Waals surface area contributed by atoms with Crippen LogP contribution < -0.4 is 5.56 Å². The summed E-state index contributed by atoms with van der Waals surface area (Å²) in [4.78, 5) is 27.8. The van der Waals surface area contributed by atoms with Crippen LogP contribution in [0.25, 0.3) is 5.65 Å². The fourth-order valence-corrected chi connectivity index (χ4v) is 1.85. The lowest BCUT2D eigenvalue weighted by Crippen LogP contribution is -2.16. The number of carbonyl (C=O) groups excluding carboxylic acids is 1. The predicted octanol–water partition coefficient (Wildman–Crippen LogP) is 1.25. The van der Waals surface area contributed by atoms with Crippen LogP contribution in [0.1, 0.15) is 28.7 Å². The van der Waals surface area contributed by atoms with E-state index >= 15 is 0 Å². The molecule has 0 saturated carbocycles. The Hall–Kier alpha value is -1.82. The Balaban J connectivity index is 2.73. The summed E-state index contributed by atoms with van der Waals surface area (Å²) in [5.41, 5.74) is 1.15. The molecule has 96 valence electrons. The summed E-state index contributed by atoms with van der Waals surface area (Å²) in [6.45, 7) is 3.65. The normalized spacial score (nSPS) is 10.8. The minimum absolute atomic E-state index is 0.109. The second-order valence-electron chi connectivity index (χ2n) is 3.71. The maximum atomic E-state index is 11.8. The molecule has 0 bridgehead atoms. The molecule has 0 aliphatic rings. The number of alkyl halides is 1. The van der Waals surface area contributed by atoms with Crippen LogP contribution in [0.3, 0.4) is 0 Å². The molecule has 0 amide bonds. The van der Waals surface area contributed by atoms with E-state index in [1.54, 1.807) is 13.8 Å². The van der Waals surface area contributed by atoms with Crippen molar-refractivity contribution < 1.29 is 9.53 Å². The van der Waals surface area contributed by atoms with Gasteiger partial charge in [0.2, 0.25) is 0 Å². The summed E-state index contributed by atoms with van der Waals surface area (Å²) >= 11 is 5.66. The highest BCUT2D eigenvalue weighted by Crippen LogP contribution is 2.14. The van der Waals surface area contributed by atoms with Crippen LogP contribution in [0, 0.1) is 6.92 Å².